The van der Waals surface area contributed by atoms with Gasteiger partial charge >= 0.3 is 6.03 Å². The van der Waals surface area contributed by atoms with E-state index in [1.165, 1.54) is 12.8 Å². The summed E-state index contributed by atoms with van der Waals surface area (Å²) >= 11 is 0. The third kappa shape index (κ3) is 2.85. The fraction of sp³-hybridized carbons (Fsp3) is 0.941. The lowest BCUT2D eigenvalue weighted by Crippen LogP contribution is -2.69. The summed E-state index contributed by atoms with van der Waals surface area (Å²) in [6.07, 6.45) is 5.77. The highest BCUT2D eigenvalue weighted by Crippen LogP contribution is 2.51. The molecule has 0 aromatic carbocycles. The monoisotopic (exact) mass is 309 g/mol. The molecule has 5 nitrogen and oxygen atoms in total. The van der Waals surface area contributed by atoms with E-state index in [0.29, 0.717) is 6.04 Å². The summed E-state index contributed by atoms with van der Waals surface area (Å²) in [7, 11) is 1.76. The Morgan fingerprint density at radius 2 is 1.73 bits per heavy atom. The van der Waals surface area contributed by atoms with Gasteiger partial charge in [0.2, 0.25) is 0 Å². The van der Waals surface area contributed by atoms with Crippen LogP contribution >= 0.6 is 0 Å². The zero-order valence-corrected chi connectivity index (χ0v) is 14.4. The second-order valence-corrected chi connectivity index (χ2v) is 8.07. The maximum absolute atomic E-state index is 12.3. The smallest absolute Gasteiger partial charge is 0.315 e. The van der Waals surface area contributed by atoms with Gasteiger partial charge in [-0.2, -0.15) is 0 Å². The average Bonchev–Trinajstić information content (AvgIpc) is 3.32. The third-order valence-electron chi connectivity index (χ3n) is 6.51. The molecule has 2 saturated carbocycles. The highest BCUT2D eigenvalue weighted by molar-refractivity contribution is 5.75. The Bertz CT molecular complexity index is 428. The highest BCUT2D eigenvalue weighted by atomic mass is 16.5. The molecule has 0 unspecified atom stereocenters. The number of carbonyl (C=O) groups is 1. The van der Waals surface area contributed by atoms with Crippen LogP contribution in [0.2, 0.25) is 0 Å². The van der Waals surface area contributed by atoms with Crippen molar-refractivity contribution in [2.24, 2.45) is 5.41 Å². The first-order valence-electron chi connectivity index (χ1n) is 8.72. The molecule has 0 aromatic rings. The number of nitrogens with zero attached hydrogens (tertiary/aromatic N) is 1. The number of ether oxygens (including phenoxy) is 1. The van der Waals surface area contributed by atoms with E-state index in [9.17, 15) is 4.79 Å². The Labute approximate surface area is 134 Å². The lowest BCUT2D eigenvalue weighted by atomic mass is 9.56. The van der Waals surface area contributed by atoms with E-state index in [0.717, 1.165) is 38.4 Å². The van der Waals surface area contributed by atoms with Gasteiger partial charge in [0.05, 0.1) is 5.60 Å². The van der Waals surface area contributed by atoms with Crippen molar-refractivity contribution in [1.82, 2.24) is 15.5 Å². The molecule has 3 fully saturated rings. The molecule has 5 heteroatoms. The predicted molar refractivity (Wildman–Crippen MR) is 86.9 cm³/mol. The predicted octanol–water partition coefficient (Wildman–Crippen LogP) is 2.12. The summed E-state index contributed by atoms with van der Waals surface area (Å²) in [5, 5.41) is 6.31. The van der Waals surface area contributed by atoms with Crippen LogP contribution in [-0.2, 0) is 4.74 Å². The van der Waals surface area contributed by atoms with Crippen molar-refractivity contribution in [3.05, 3.63) is 0 Å². The van der Waals surface area contributed by atoms with Gasteiger partial charge in [-0.3, -0.25) is 0 Å². The molecule has 2 atom stereocenters. The Morgan fingerprint density at radius 3 is 2.23 bits per heavy atom. The van der Waals surface area contributed by atoms with E-state index in [1.807, 2.05) is 0 Å². The van der Waals surface area contributed by atoms with Crippen molar-refractivity contribution in [2.45, 2.75) is 76.6 Å². The van der Waals surface area contributed by atoms with Gasteiger partial charge in [0.15, 0.2) is 0 Å². The van der Waals surface area contributed by atoms with Crippen LogP contribution in [0.1, 0.15) is 52.9 Å². The SMILES string of the molecule is CO[C@@]1(C)C[C@@H](NC(=O)NC2CCN(C3CC3)CC2)C1(C)C. The van der Waals surface area contributed by atoms with Crippen molar-refractivity contribution in [2.75, 3.05) is 20.2 Å². The first kappa shape index (κ1) is 16.1. The number of hydrogen-bond acceptors (Lipinski definition) is 3. The number of methoxy groups -OCH3 is 1. The minimum Gasteiger partial charge on any atom is -0.378 e. The van der Waals surface area contributed by atoms with E-state index in [1.54, 1.807) is 7.11 Å². The van der Waals surface area contributed by atoms with Gasteiger partial charge in [-0.25, -0.2) is 4.79 Å². The lowest BCUT2D eigenvalue weighted by Gasteiger charge is -2.59. The van der Waals surface area contributed by atoms with E-state index >= 15 is 0 Å². The zero-order chi connectivity index (χ0) is 16.0. The van der Waals surface area contributed by atoms with Crippen LogP contribution in [0.3, 0.4) is 0 Å². The summed E-state index contributed by atoms with van der Waals surface area (Å²) in [6.45, 7) is 8.72. The second kappa shape index (κ2) is 5.68. The van der Waals surface area contributed by atoms with Gasteiger partial charge in [0.1, 0.15) is 0 Å². The minimum absolute atomic E-state index is 0.0129. The quantitative estimate of drug-likeness (QED) is 0.836. The van der Waals surface area contributed by atoms with Crippen LogP contribution in [0.15, 0.2) is 0 Å². The van der Waals surface area contributed by atoms with E-state index in [4.69, 9.17) is 4.74 Å². The van der Waals surface area contributed by atoms with Gasteiger partial charge in [-0.1, -0.05) is 13.8 Å². The van der Waals surface area contributed by atoms with Crippen molar-refractivity contribution in [3.8, 4) is 0 Å². The van der Waals surface area contributed by atoms with E-state index < -0.39 is 0 Å². The van der Waals surface area contributed by atoms with Crippen LogP contribution in [0.5, 0.6) is 0 Å². The number of hydrogen-bond donors (Lipinski definition) is 2. The molecule has 2 N–H and O–H groups in total. The lowest BCUT2D eigenvalue weighted by molar-refractivity contribution is -0.177. The average molecular weight is 309 g/mol. The minimum atomic E-state index is -0.138. The number of carbonyl (C=O) groups excluding carboxylic acids is 1. The van der Waals surface area contributed by atoms with Crippen molar-refractivity contribution in [3.63, 3.8) is 0 Å². The largest absolute Gasteiger partial charge is 0.378 e. The van der Waals surface area contributed by atoms with Crippen LogP contribution in [0.25, 0.3) is 0 Å². The summed E-state index contributed by atoms with van der Waals surface area (Å²) in [6, 6.07) is 1.34. The van der Waals surface area contributed by atoms with Crippen LogP contribution < -0.4 is 10.6 Å². The Balaban J connectivity index is 1.42. The highest BCUT2D eigenvalue weighted by Gasteiger charge is 2.58. The van der Waals surface area contributed by atoms with Crippen molar-refractivity contribution < 1.29 is 9.53 Å². The summed E-state index contributed by atoms with van der Waals surface area (Å²) in [5.41, 5.74) is -0.172. The fourth-order valence-corrected chi connectivity index (χ4v) is 3.96. The summed E-state index contributed by atoms with van der Waals surface area (Å²) in [5.74, 6) is 0. The maximum atomic E-state index is 12.3. The molecule has 2 aliphatic carbocycles. The molecule has 2 amide bonds. The summed E-state index contributed by atoms with van der Waals surface area (Å²) < 4.78 is 5.61. The number of rotatable bonds is 4. The van der Waals surface area contributed by atoms with Crippen LogP contribution in [0.4, 0.5) is 4.79 Å². The number of nitrogens with one attached hydrogen (secondary N) is 2. The van der Waals surface area contributed by atoms with Crippen LogP contribution in [0, 0.1) is 5.41 Å². The molecule has 0 spiro atoms. The number of urea groups is 1. The van der Waals surface area contributed by atoms with Crippen molar-refractivity contribution in [1.29, 1.82) is 0 Å². The molecule has 0 aromatic heterocycles. The number of piperidine rings is 1. The fourth-order valence-electron chi connectivity index (χ4n) is 3.96. The Kier molecular flexibility index (Phi) is 4.14. The maximum Gasteiger partial charge on any atom is 0.315 e. The Hall–Kier alpha value is -0.810. The zero-order valence-electron chi connectivity index (χ0n) is 14.4. The topological polar surface area (TPSA) is 53.6 Å². The molecule has 0 bridgehead atoms. The molecule has 126 valence electrons. The molecule has 1 saturated heterocycles. The van der Waals surface area contributed by atoms with Crippen LogP contribution in [-0.4, -0.2) is 54.9 Å². The molecule has 22 heavy (non-hydrogen) atoms. The van der Waals surface area contributed by atoms with Gasteiger partial charge in [-0.05, 0) is 39.0 Å². The van der Waals surface area contributed by atoms with Crippen molar-refractivity contribution >= 4 is 6.03 Å². The normalized spacial score (nSPS) is 35.7. The van der Waals surface area contributed by atoms with E-state index in [2.05, 4.69) is 36.3 Å². The second-order valence-electron chi connectivity index (χ2n) is 8.07. The van der Waals surface area contributed by atoms with E-state index in [-0.39, 0.29) is 23.1 Å². The van der Waals surface area contributed by atoms with Gasteiger partial charge < -0.3 is 20.3 Å². The van der Waals surface area contributed by atoms with Gasteiger partial charge in [0.25, 0.3) is 0 Å². The first-order chi connectivity index (χ1) is 10.4. The molecule has 0 radical (unpaired) electrons. The summed E-state index contributed by atoms with van der Waals surface area (Å²) in [4.78, 5) is 14.8. The molecular formula is C17H31N3O2. The number of likely N-dealkylation sites (tertiary alicyclic amines) is 1. The molecular weight excluding hydrogens is 278 g/mol. The first-order valence-corrected chi connectivity index (χ1v) is 8.72. The molecule has 1 aliphatic heterocycles. The molecule has 1 heterocycles. The van der Waals surface area contributed by atoms with Gasteiger partial charge in [-0.15, -0.1) is 0 Å². The van der Waals surface area contributed by atoms with Gasteiger partial charge in [0, 0.05) is 43.7 Å². The third-order valence-corrected chi connectivity index (χ3v) is 6.51. The molecule has 3 aliphatic rings. The molecule has 3 rings (SSSR count). The Morgan fingerprint density at radius 1 is 1.09 bits per heavy atom. The number of amides is 2. The standard InChI is InChI=1S/C17H31N3O2/c1-16(2)14(11-17(16,3)22-4)19-15(21)18-12-7-9-20(10-8-12)13-5-6-13/h12-14H,5-11H2,1-4H3,(H2,18,19,21)/t14-,17+/m1/s1.